The van der Waals surface area contributed by atoms with Crippen LogP contribution in [0.5, 0.6) is 0 Å². The highest BCUT2D eigenvalue weighted by atomic mass is 16.2. The van der Waals surface area contributed by atoms with Crippen LogP contribution in [0.2, 0.25) is 0 Å². The lowest BCUT2D eigenvalue weighted by Gasteiger charge is -2.19. The van der Waals surface area contributed by atoms with E-state index in [2.05, 4.69) is 10.6 Å². The van der Waals surface area contributed by atoms with E-state index >= 15 is 0 Å². The fraction of sp³-hybridized carbons (Fsp3) is 0.800. The van der Waals surface area contributed by atoms with Crippen molar-refractivity contribution in [3.05, 3.63) is 0 Å². The Hall–Kier alpha value is -1.10. The Labute approximate surface area is 90.2 Å². The summed E-state index contributed by atoms with van der Waals surface area (Å²) >= 11 is 0. The van der Waals surface area contributed by atoms with E-state index in [0.29, 0.717) is 13.0 Å². The van der Waals surface area contributed by atoms with Gasteiger partial charge in [0.05, 0.1) is 5.92 Å². The molecule has 1 aliphatic rings. The smallest absolute Gasteiger partial charge is 0.227 e. The first kappa shape index (κ1) is 12.0. The topological polar surface area (TPSA) is 61.4 Å². The first-order chi connectivity index (χ1) is 7.15. The number of hydrogen-bond donors (Lipinski definition) is 2. The summed E-state index contributed by atoms with van der Waals surface area (Å²) in [5.41, 5.74) is 0. The number of carbonyl (C=O) groups excluding carboxylic acids is 2. The average Bonchev–Trinajstić information content (AvgIpc) is 2.64. The fourth-order valence-electron chi connectivity index (χ4n) is 1.69. The molecule has 1 fully saturated rings. The highest BCUT2D eigenvalue weighted by molar-refractivity contribution is 5.89. The molecule has 1 unspecified atom stereocenters. The van der Waals surface area contributed by atoms with Gasteiger partial charge in [0.1, 0.15) is 0 Å². The zero-order chi connectivity index (χ0) is 11.3. The van der Waals surface area contributed by atoms with Crippen molar-refractivity contribution in [3.63, 3.8) is 0 Å². The summed E-state index contributed by atoms with van der Waals surface area (Å²) in [5, 5.41) is 5.71. The maximum atomic E-state index is 11.8. The minimum Gasteiger partial charge on any atom is -0.355 e. The second kappa shape index (κ2) is 5.70. The molecule has 0 aromatic carbocycles. The van der Waals surface area contributed by atoms with Crippen LogP contribution in [0.3, 0.4) is 0 Å². The number of carbonyl (C=O) groups is 2. The summed E-state index contributed by atoms with van der Waals surface area (Å²) in [4.78, 5) is 24.5. The molecule has 0 spiro atoms. The summed E-state index contributed by atoms with van der Waals surface area (Å²) < 4.78 is 0. The van der Waals surface area contributed by atoms with Crippen molar-refractivity contribution < 1.29 is 9.59 Å². The predicted molar refractivity (Wildman–Crippen MR) is 57.3 cm³/mol. The Morgan fingerprint density at radius 3 is 2.93 bits per heavy atom. The van der Waals surface area contributed by atoms with Gasteiger partial charge in [0.15, 0.2) is 0 Å². The quantitative estimate of drug-likeness (QED) is 0.587. The molecule has 0 aromatic heterocycles. The van der Waals surface area contributed by atoms with Crippen LogP contribution in [0.15, 0.2) is 0 Å². The standard InChI is InChI=1S/C10H19N3O2/c1-11-4-3-5-13(2)10(15)8-6-9(14)12-7-8/h8,11H,3-7H2,1-2H3,(H,12,14). The molecule has 0 aliphatic carbocycles. The third-order valence-electron chi connectivity index (χ3n) is 2.62. The molecule has 2 N–H and O–H groups in total. The number of nitrogens with zero attached hydrogens (tertiary/aromatic N) is 1. The van der Waals surface area contributed by atoms with Crippen LogP contribution in [-0.4, -0.2) is 50.4 Å². The molecule has 0 saturated carbocycles. The Morgan fingerprint density at radius 2 is 2.40 bits per heavy atom. The lowest BCUT2D eigenvalue weighted by molar-refractivity contribution is -0.134. The zero-order valence-electron chi connectivity index (χ0n) is 9.38. The molecule has 5 heteroatoms. The van der Waals surface area contributed by atoms with Crippen molar-refractivity contribution in [2.45, 2.75) is 12.8 Å². The van der Waals surface area contributed by atoms with Crippen LogP contribution in [0.1, 0.15) is 12.8 Å². The van der Waals surface area contributed by atoms with Gasteiger partial charge in [-0.15, -0.1) is 0 Å². The van der Waals surface area contributed by atoms with E-state index in [0.717, 1.165) is 19.5 Å². The maximum absolute atomic E-state index is 11.8. The van der Waals surface area contributed by atoms with E-state index in [1.165, 1.54) is 0 Å². The normalized spacial score (nSPS) is 20.1. The van der Waals surface area contributed by atoms with Crippen molar-refractivity contribution in [2.24, 2.45) is 5.92 Å². The van der Waals surface area contributed by atoms with Gasteiger partial charge in [-0.1, -0.05) is 0 Å². The van der Waals surface area contributed by atoms with Gasteiger partial charge >= 0.3 is 0 Å². The van der Waals surface area contributed by atoms with E-state index in [-0.39, 0.29) is 17.7 Å². The largest absolute Gasteiger partial charge is 0.355 e. The van der Waals surface area contributed by atoms with Gasteiger partial charge in [-0.05, 0) is 20.0 Å². The number of nitrogens with one attached hydrogen (secondary N) is 2. The van der Waals surface area contributed by atoms with Crippen LogP contribution < -0.4 is 10.6 Å². The molecule has 0 radical (unpaired) electrons. The summed E-state index contributed by atoms with van der Waals surface area (Å²) in [6.45, 7) is 2.14. The molecular formula is C10H19N3O2. The molecule has 5 nitrogen and oxygen atoms in total. The Bertz CT molecular complexity index is 243. The van der Waals surface area contributed by atoms with E-state index in [4.69, 9.17) is 0 Å². The van der Waals surface area contributed by atoms with Gasteiger partial charge in [0.2, 0.25) is 11.8 Å². The van der Waals surface area contributed by atoms with Crippen molar-refractivity contribution in [1.29, 1.82) is 0 Å². The van der Waals surface area contributed by atoms with Crippen LogP contribution in [-0.2, 0) is 9.59 Å². The van der Waals surface area contributed by atoms with Gasteiger partial charge in [0, 0.05) is 26.6 Å². The number of amides is 2. The van der Waals surface area contributed by atoms with E-state index in [1.807, 2.05) is 7.05 Å². The lowest BCUT2D eigenvalue weighted by atomic mass is 10.1. The lowest BCUT2D eigenvalue weighted by Crippen LogP contribution is -2.35. The van der Waals surface area contributed by atoms with Crippen molar-refractivity contribution >= 4 is 11.8 Å². The summed E-state index contributed by atoms with van der Waals surface area (Å²) in [6.07, 6.45) is 1.28. The molecule has 15 heavy (non-hydrogen) atoms. The highest BCUT2D eigenvalue weighted by Gasteiger charge is 2.29. The second-order valence-corrected chi connectivity index (χ2v) is 3.92. The third kappa shape index (κ3) is 3.51. The molecule has 1 heterocycles. The summed E-state index contributed by atoms with van der Waals surface area (Å²) in [6, 6.07) is 0. The molecule has 1 atom stereocenters. The van der Waals surface area contributed by atoms with Crippen molar-refractivity contribution in [2.75, 3.05) is 33.7 Å². The molecule has 1 saturated heterocycles. The first-order valence-corrected chi connectivity index (χ1v) is 5.31. The minimum atomic E-state index is -0.155. The zero-order valence-corrected chi connectivity index (χ0v) is 9.38. The van der Waals surface area contributed by atoms with Gasteiger partial charge in [-0.2, -0.15) is 0 Å². The molecular weight excluding hydrogens is 194 g/mol. The first-order valence-electron chi connectivity index (χ1n) is 5.31. The Balaban J connectivity index is 2.29. The SMILES string of the molecule is CNCCCN(C)C(=O)C1CNC(=O)C1. The molecule has 1 aliphatic heterocycles. The van der Waals surface area contributed by atoms with Crippen LogP contribution in [0, 0.1) is 5.92 Å². The van der Waals surface area contributed by atoms with E-state index < -0.39 is 0 Å². The third-order valence-corrected chi connectivity index (χ3v) is 2.62. The predicted octanol–water partition coefficient (Wildman–Crippen LogP) is -0.810. The van der Waals surface area contributed by atoms with Crippen LogP contribution in [0.25, 0.3) is 0 Å². The number of hydrogen-bond acceptors (Lipinski definition) is 3. The van der Waals surface area contributed by atoms with Crippen molar-refractivity contribution in [1.82, 2.24) is 15.5 Å². The summed E-state index contributed by atoms with van der Waals surface area (Å²) in [7, 11) is 3.68. The highest BCUT2D eigenvalue weighted by Crippen LogP contribution is 2.11. The van der Waals surface area contributed by atoms with Gasteiger partial charge in [0.25, 0.3) is 0 Å². The monoisotopic (exact) mass is 213 g/mol. The second-order valence-electron chi connectivity index (χ2n) is 3.92. The van der Waals surface area contributed by atoms with Gasteiger partial charge in [-0.25, -0.2) is 0 Å². The molecule has 2 amide bonds. The average molecular weight is 213 g/mol. The van der Waals surface area contributed by atoms with Gasteiger partial charge in [-0.3, -0.25) is 9.59 Å². The van der Waals surface area contributed by atoms with E-state index in [1.54, 1.807) is 11.9 Å². The summed E-state index contributed by atoms with van der Waals surface area (Å²) in [5.74, 6) is -0.0986. The van der Waals surface area contributed by atoms with Crippen molar-refractivity contribution in [3.8, 4) is 0 Å². The Morgan fingerprint density at radius 1 is 1.67 bits per heavy atom. The van der Waals surface area contributed by atoms with E-state index in [9.17, 15) is 9.59 Å². The number of rotatable bonds is 5. The van der Waals surface area contributed by atoms with Crippen LogP contribution in [0.4, 0.5) is 0 Å². The van der Waals surface area contributed by atoms with Crippen LogP contribution >= 0.6 is 0 Å². The molecule has 86 valence electrons. The molecule has 1 rings (SSSR count). The Kier molecular flexibility index (Phi) is 4.55. The molecule has 0 aromatic rings. The van der Waals surface area contributed by atoms with Gasteiger partial charge < -0.3 is 15.5 Å². The molecule has 0 bridgehead atoms. The maximum Gasteiger partial charge on any atom is 0.227 e. The fourth-order valence-corrected chi connectivity index (χ4v) is 1.69. The minimum absolute atomic E-state index is 0.0167.